The third-order valence-corrected chi connectivity index (χ3v) is 3.33. The zero-order chi connectivity index (χ0) is 15.4. The number of nitrogens with one attached hydrogen (secondary N) is 1. The molecule has 1 aromatic rings. The molecule has 1 heterocycles. The summed E-state index contributed by atoms with van der Waals surface area (Å²) in [6, 6.07) is 3.36. The van der Waals surface area contributed by atoms with Crippen LogP contribution in [0.4, 0.5) is 23.7 Å². The van der Waals surface area contributed by atoms with Crippen molar-refractivity contribution in [2.75, 3.05) is 18.4 Å². The molecule has 3 N–H and O–H groups in total. The van der Waals surface area contributed by atoms with E-state index in [0.717, 1.165) is 12.1 Å². The summed E-state index contributed by atoms with van der Waals surface area (Å²) in [5, 5.41) is 3.10. The van der Waals surface area contributed by atoms with Crippen LogP contribution in [0.3, 0.4) is 0 Å². The molecule has 0 atom stereocenters. The molecule has 1 aliphatic heterocycles. The molecule has 5 nitrogen and oxygen atoms in total. The number of amides is 2. The molecule has 1 fully saturated rings. The van der Waals surface area contributed by atoms with E-state index in [-0.39, 0.29) is 6.04 Å². The summed E-state index contributed by atoms with van der Waals surface area (Å²) in [4.78, 5) is 12.5. The molecule has 0 radical (unpaired) electrons. The van der Waals surface area contributed by atoms with Gasteiger partial charge in [-0.2, -0.15) is 8.78 Å². The van der Waals surface area contributed by atoms with Gasteiger partial charge < -0.3 is 20.7 Å². The molecule has 2 rings (SSSR count). The maximum Gasteiger partial charge on any atom is 0.387 e. The Balaban J connectivity index is 1.92. The standard InChI is InChI=1S/C13H16F3N3O2/c14-10-7-9(1-2-11(10)21-12(15)16)18-8-3-5-19(6-4-8)13(17)20/h1-2,7-8,12,18H,3-6H2,(H2,17,20). The molecule has 0 unspecified atom stereocenters. The maximum atomic E-state index is 13.6. The minimum absolute atomic E-state index is 0.0712. The molecule has 8 heteroatoms. The number of halogens is 3. The summed E-state index contributed by atoms with van der Waals surface area (Å²) in [6.07, 6.45) is 1.36. The number of nitrogens with two attached hydrogens (primary N) is 1. The number of urea groups is 1. The Labute approximate surface area is 119 Å². The van der Waals surface area contributed by atoms with Crippen LogP contribution in [0.2, 0.25) is 0 Å². The Kier molecular flexibility index (Phi) is 4.77. The van der Waals surface area contributed by atoms with Gasteiger partial charge in [0.2, 0.25) is 0 Å². The third kappa shape index (κ3) is 4.17. The van der Waals surface area contributed by atoms with Crippen molar-refractivity contribution in [3.05, 3.63) is 24.0 Å². The van der Waals surface area contributed by atoms with Crippen LogP contribution >= 0.6 is 0 Å². The van der Waals surface area contributed by atoms with Gasteiger partial charge in [0, 0.05) is 30.9 Å². The molecule has 2 amide bonds. The molecule has 1 saturated heterocycles. The molecule has 0 aromatic heterocycles. The lowest BCUT2D eigenvalue weighted by Crippen LogP contribution is -2.44. The lowest BCUT2D eigenvalue weighted by molar-refractivity contribution is -0.0521. The molecule has 21 heavy (non-hydrogen) atoms. The fourth-order valence-corrected chi connectivity index (χ4v) is 2.26. The van der Waals surface area contributed by atoms with Crippen molar-refractivity contribution < 1.29 is 22.7 Å². The number of carbonyl (C=O) groups excluding carboxylic acids is 1. The number of benzene rings is 1. The van der Waals surface area contributed by atoms with E-state index in [1.807, 2.05) is 0 Å². The number of piperidine rings is 1. The van der Waals surface area contributed by atoms with Crippen LogP contribution in [-0.4, -0.2) is 36.7 Å². The van der Waals surface area contributed by atoms with Crippen molar-refractivity contribution >= 4 is 11.7 Å². The van der Waals surface area contributed by atoms with Crippen LogP contribution in [0, 0.1) is 5.82 Å². The van der Waals surface area contributed by atoms with Crippen LogP contribution in [0.5, 0.6) is 5.75 Å². The van der Waals surface area contributed by atoms with Crippen molar-refractivity contribution in [2.24, 2.45) is 5.73 Å². The van der Waals surface area contributed by atoms with Crippen molar-refractivity contribution in [1.82, 2.24) is 4.90 Å². The average Bonchev–Trinajstić information content (AvgIpc) is 2.42. The predicted molar refractivity (Wildman–Crippen MR) is 70.8 cm³/mol. The van der Waals surface area contributed by atoms with E-state index in [1.54, 1.807) is 4.90 Å². The van der Waals surface area contributed by atoms with E-state index in [2.05, 4.69) is 10.1 Å². The third-order valence-electron chi connectivity index (χ3n) is 3.33. The zero-order valence-corrected chi connectivity index (χ0v) is 11.2. The van der Waals surface area contributed by atoms with Gasteiger partial charge in [0.1, 0.15) is 0 Å². The average molecular weight is 303 g/mol. The molecule has 0 saturated carbocycles. The smallest absolute Gasteiger partial charge is 0.387 e. The Morgan fingerprint density at radius 1 is 1.38 bits per heavy atom. The number of anilines is 1. The number of likely N-dealkylation sites (tertiary alicyclic amines) is 1. The molecule has 1 aliphatic rings. The number of primary amides is 1. The first-order chi connectivity index (χ1) is 9.95. The Morgan fingerprint density at radius 3 is 2.57 bits per heavy atom. The van der Waals surface area contributed by atoms with E-state index < -0.39 is 24.2 Å². The van der Waals surface area contributed by atoms with Gasteiger partial charge in [0.25, 0.3) is 0 Å². The SMILES string of the molecule is NC(=O)N1CCC(Nc2ccc(OC(F)F)c(F)c2)CC1. The molecule has 116 valence electrons. The van der Waals surface area contributed by atoms with Crippen LogP contribution in [0.25, 0.3) is 0 Å². The molecule has 0 bridgehead atoms. The van der Waals surface area contributed by atoms with Crippen molar-refractivity contribution in [3.63, 3.8) is 0 Å². The highest BCUT2D eigenvalue weighted by Crippen LogP contribution is 2.24. The molecule has 1 aromatic carbocycles. The van der Waals surface area contributed by atoms with Crippen LogP contribution in [-0.2, 0) is 0 Å². The van der Waals surface area contributed by atoms with Crippen LogP contribution < -0.4 is 15.8 Å². The minimum atomic E-state index is -3.06. The van der Waals surface area contributed by atoms with Gasteiger partial charge in [-0.15, -0.1) is 0 Å². The van der Waals surface area contributed by atoms with E-state index >= 15 is 0 Å². The van der Waals surface area contributed by atoms with E-state index in [1.165, 1.54) is 6.07 Å². The second-order valence-electron chi connectivity index (χ2n) is 4.77. The van der Waals surface area contributed by atoms with Gasteiger partial charge in [0.05, 0.1) is 0 Å². The monoisotopic (exact) mass is 303 g/mol. The van der Waals surface area contributed by atoms with Gasteiger partial charge in [-0.3, -0.25) is 0 Å². The number of nitrogens with zero attached hydrogens (tertiary/aromatic N) is 1. The van der Waals surface area contributed by atoms with Gasteiger partial charge in [-0.1, -0.05) is 0 Å². The Bertz CT molecular complexity index is 505. The fraction of sp³-hybridized carbons (Fsp3) is 0.462. The largest absolute Gasteiger partial charge is 0.432 e. The number of hydrogen-bond acceptors (Lipinski definition) is 3. The summed E-state index contributed by atoms with van der Waals surface area (Å²) in [7, 11) is 0. The highest BCUT2D eigenvalue weighted by molar-refractivity contribution is 5.72. The van der Waals surface area contributed by atoms with Crippen LogP contribution in [0.15, 0.2) is 18.2 Å². The first-order valence-electron chi connectivity index (χ1n) is 6.51. The lowest BCUT2D eigenvalue weighted by atomic mass is 10.0. The van der Waals surface area contributed by atoms with E-state index in [4.69, 9.17) is 5.73 Å². The molecule has 0 aliphatic carbocycles. The molecular weight excluding hydrogens is 287 g/mol. The van der Waals surface area contributed by atoms with Crippen molar-refractivity contribution in [3.8, 4) is 5.75 Å². The summed E-state index contributed by atoms with van der Waals surface area (Å²) in [5.74, 6) is -1.34. The number of ether oxygens (including phenoxy) is 1. The number of carbonyl (C=O) groups is 1. The van der Waals surface area contributed by atoms with Gasteiger partial charge in [-0.25, -0.2) is 9.18 Å². The van der Waals surface area contributed by atoms with Crippen molar-refractivity contribution in [1.29, 1.82) is 0 Å². The fourth-order valence-electron chi connectivity index (χ4n) is 2.26. The van der Waals surface area contributed by atoms with E-state index in [0.29, 0.717) is 31.6 Å². The highest BCUT2D eigenvalue weighted by Gasteiger charge is 2.21. The first-order valence-corrected chi connectivity index (χ1v) is 6.51. The topological polar surface area (TPSA) is 67.6 Å². The summed E-state index contributed by atoms with van der Waals surface area (Å²) >= 11 is 0. The number of rotatable bonds is 4. The molecular formula is C13H16F3N3O2. The minimum Gasteiger partial charge on any atom is -0.432 e. The van der Waals surface area contributed by atoms with Crippen molar-refractivity contribution in [2.45, 2.75) is 25.5 Å². The van der Waals surface area contributed by atoms with Crippen LogP contribution in [0.1, 0.15) is 12.8 Å². The van der Waals surface area contributed by atoms with E-state index in [9.17, 15) is 18.0 Å². The first kappa shape index (κ1) is 15.3. The van der Waals surface area contributed by atoms with Gasteiger partial charge in [0.15, 0.2) is 11.6 Å². The number of hydrogen-bond donors (Lipinski definition) is 2. The molecule has 0 spiro atoms. The quantitative estimate of drug-likeness (QED) is 0.897. The Hall–Kier alpha value is -2.12. The zero-order valence-electron chi connectivity index (χ0n) is 11.2. The second kappa shape index (κ2) is 6.55. The maximum absolute atomic E-state index is 13.6. The highest BCUT2D eigenvalue weighted by atomic mass is 19.3. The summed E-state index contributed by atoms with van der Waals surface area (Å²) in [6.45, 7) is -2.00. The predicted octanol–water partition coefficient (Wildman–Crippen LogP) is 2.38. The second-order valence-corrected chi connectivity index (χ2v) is 4.77. The number of alkyl halides is 2. The lowest BCUT2D eigenvalue weighted by Gasteiger charge is -2.31. The Morgan fingerprint density at radius 2 is 2.05 bits per heavy atom. The summed E-state index contributed by atoms with van der Waals surface area (Å²) < 4.78 is 41.7. The normalized spacial score (nSPS) is 16.1. The summed E-state index contributed by atoms with van der Waals surface area (Å²) in [5.41, 5.74) is 5.66. The van der Waals surface area contributed by atoms with Gasteiger partial charge >= 0.3 is 12.6 Å². The van der Waals surface area contributed by atoms with Gasteiger partial charge in [-0.05, 0) is 25.0 Å².